The zero-order valence-corrected chi connectivity index (χ0v) is 12.6. The number of ether oxygens (including phenoxy) is 1. The first-order chi connectivity index (χ1) is 8.33. The molecule has 0 spiro atoms. The summed E-state index contributed by atoms with van der Waals surface area (Å²) in [6.45, 7) is 4.36. The largest absolute Gasteiger partial charge is 0.389 e. The molecule has 1 heterocycles. The lowest BCUT2D eigenvalue weighted by atomic mass is 10.5. The molecule has 3 N–H and O–H groups in total. The lowest BCUT2D eigenvalue weighted by Crippen LogP contribution is -2.27. The van der Waals surface area contributed by atoms with Crippen molar-refractivity contribution >= 4 is 38.6 Å². The van der Waals surface area contributed by atoms with Crippen LogP contribution in [0.2, 0.25) is 0 Å². The molecule has 0 aliphatic rings. The number of thiophene rings is 1. The Labute approximate surface area is 116 Å². The summed E-state index contributed by atoms with van der Waals surface area (Å²) in [5.41, 5.74) is 5.43. The summed E-state index contributed by atoms with van der Waals surface area (Å²) in [5, 5.41) is 0. The second-order valence-electron chi connectivity index (χ2n) is 3.80. The van der Waals surface area contributed by atoms with Crippen LogP contribution in [0.15, 0.2) is 16.3 Å². The number of hydrogen-bond donors (Lipinski definition) is 2. The van der Waals surface area contributed by atoms with Crippen LogP contribution in [-0.4, -0.2) is 32.7 Å². The van der Waals surface area contributed by atoms with Gasteiger partial charge in [0.25, 0.3) is 0 Å². The van der Waals surface area contributed by atoms with Gasteiger partial charge in [-0.25, -0.2) is 13.1 Å². The molecule has 5 nitrogen and oxygen atoms in total. The van der Waals surface area contributed by atoms with Crippen LogP contribution in [0.25, 0.3) is 0 Å². The monoisotopic (exact) mass is 308 g/mol. The topological polar surface area (TPSA) is 81.4 Å². The van der Waals surface area contributed by atoms with Crippen LogP contribution in [-0.2, 0) is 14.8 Å². The molecule has 0 aliphatic heterocycles. The lowest BCUT2D eigenvalue weighted by Gasteiger charge is -2.08. The second-order valence-corrected chi connectivity index (χ2v) is 7.32. The molecule has 8 heteroatoms. The molecule has 18 heavy (non-hydrogen) atoms. The van der Waals surface area contributed by atoms with E-state index in [4.69, 9.17) is 22.7 Å². The molecular weight excluding hydrogens is 292 g/mol. The summed E-state index contributed by atoms with van der Waals surface area (Å²) >= 11 is 5.84. The van der Waals surface area contributed by atoms with Crippen molar-refractivity contribution in [2.75, 3.05) is 13.2 Å². The number of nitrogens with two attached hydrogens (primary N) is 1. The van der Waals surface area contributed by atoms with Crippen LogP contribution in [0.4, 0.5) is 0 Å². The Balaban J connectivity index is 2.60. The Morgan fingerprint density at radius 1 is 1.56 bits per heavy atom. The van der Waals surface area contributed by atoms with E-state index in [0.29, 0.717) is 11.5 Å². The average molecular weight is 308 g/mol. The number of hydrogen-bond acceptors (Lipinski definition) is 5. The van der Waals surface area contributed by atoms with Gasteiger partial charge in [-0.3, -0.25) is 0 Å². The van der Waals surface area contributed by atoms with Gasteiger partial charge < -0.3 is 10.5 Å². The minimum atomic E-state index is -3.50. The third kappa shape index (κ3) is 4.62. The Kier molecular flexibility index (Phi) is 5.67. The first-order valence-corrected chi connectivity index (χ1v) is 8.04. The molecule has 1 rings (SSSR count). The Hall–Kier alpha value is -0.540. The summed E-state index contributed by atoms with van der Waals surface area (Å²) in [6, 6.07) is 3.09. The van der Waals surface area contributed by atoms with E-state index < -0.39 is 10.0 Å². The molecular formula is C10H16N2O3S3. The first-order valence-electron chi connectivity index (χ1n) is 5.34. The van der Waals surface area contributed by atoms with Crippen molar-refractivity contribution in [3.63, 3.8) is 0 Å². The summed E-state index contributed by atoms with van der Waals surface area (Å²) in [6.07, 6.45) is 0.0810. The smallest absolute Gasteiger partial charge is 0.250 e. The molecule has 1 aromatic heterocycles. The first kappa shape index (κ1) is 15.5. The predicted octanol–water partition coefficient (Wildman–Crippen LogP) is 1.09. The molecule has 0 aromatic carbocycles. The standard InChI is InChI=1S/C10H16N2O3S3/c1-7(2)15-6-5-12-18(13,14)9-4-3-8(17-9)10(11)16/h3-4,7,12H,5-6H2,1-2H3,(H2,11,16). The van der Waals surface area contributed by atoms with Gasteiger partial charge in [0.2, 0.25) is 10.0 Å². The number of sulfonamides is 1. The molecule has 0 atom stereocenters. The third-order valence-electron chi connectivity index (χ3n) is 1.93. The van der Waals surface area contributed by atoms with Crippen molar-refractivity contribution in [2.24, 2.45) is 5.73 Å². The van der Waals surface area contributed by atoms with E-state index in [9.17, 15) is 8.42 Å². The van der Waals surface area contributed by atoms with Crippen LogP contribution < -0.4 is 10.5 Å². The fourth-order valence-electron chi connectivity index (χ4n) is 1.14. The van der Waals surface area contributed by atoms with E-state index in [2.05, 4.69) is 4.72 Å². The van der Waals surface area contributed by atoms with Crippen molar-refractivity contribution in [3.8, 4) is 0 Å². The summed E-state index contributed by atoms with van der Waals surface area (Å²) < 4.78 is 31.7. The zero-order chi connectivity index (χ0) is 13.8. The quantitative estimate of drug-likeness (QED) is 0.582. The Bertz CT molecular complexity index is 508. The van der Waals surface area contributed by atoms with Gasteiger partial charge in [0, 0.05) is 6.54 Å². The summed E-state index contributed by atoms with van der Waals surface area (Å²) in [7, 11) is -3.50. The van der Waals surface area contributed by atoms with E-state index in [1.807, 2.05) is 13.8 Å². The van der Waals surface area contributed by atoms with Crippen LogP contribution in [0, 0.1) is 0 Å². The maximum atomic E-state index is 11.9. The van der Waals surface area contributed by atoms with Crippen LogP contribution in [0.1, 0.15) is 18.7 Å². The predicted molar refractivity (Wildman–Crippen MR) is 76.5 cm³/mol. The number of thiocarbonyl (C=S) groups is 1. The summed E-state index contributed by atoms with van der Waals surface area (Å²) in [5.74, 6) is 0. The van der Waals surface area contributed by atoms with E-state index in [-0.39, 0.29) is 21.8 Å². The highest BCUT2D eigenvalue weighted by molar-refractivity contribution is 7.91. The van der Waals surface area contributed by atoms with Gasteiger partial charge in [-0.15, -0.1) is 11.3 Å². The molecule has 0 fully saturated rings. The van der Waals surface area contributed by atoms with Crippen molar-refractivity contribution in [3.05, 3.63) is 17.0 Å². The number of rotatable bonds is 7. The van der Waals surface area contributed by atoms with E-state index in [1.54, 1.807) is 6.07 Å². The van der Waals surface area contributed by atoms with Crippen molar-refractivity contribution in [2.45, 2.75) is 24.2 Å². The van der Waals surface area contributed by atoms with Crippen LogP contribution in [0.3, 0.4) is 0 Å². The maximum absolute atomic E-state index is 11.9. The van der Waals surface area contributed by atoms with Gasteiger partial charge in [-0.1, -0.05) is 12.2 Å². The van der Waals surface area contributed by atoms with Crippen LogP contribution >= 0.6 is 23.6 Å². The number of nitrogens with one attached hydrogen (secondary N) is 1. The highest BCUT2D eigenvalue weighted by Crippen LogP contribution is 2.21. The van der Waals surface area contributed by atoms with Crippen LogP contribution in [0.5, 0.6) is 0 Å². The van der Waals surface area contributed by atoms with Gasteiger partial charge in [0.1, 0.15) is 9.20 Å². The van der Waals surface area contributed by atoms with E-state index >= 15 is 0 Å². The highest BCUT2D eigenvalue weighted by Gasteiger charge is 2.16. The molecule has 0 saturated carbocycles. The third-order valence-corrected chi connectivity index (χ3v) is 5.35. The minimum absolute atomic E-state index is 0.0810. The molecule has 0 bridgehead atoms. The van der Waals surface area contributed by atoms with Gasteiger partial charge in [0.05, 0.1) is 17.6 Å². The molecule has 1 aromatic rings. The van der Waals surface area contributed by atoms with E-state index in [1.165, 1.54) is 6.07 Å². The minimum Gasteiger partial charge on any atom is -0.389 e. The SMILES string of the molecule is CC(C)OCCNS(=O)(=O)c1ccc(C(N)=S)s1. The molecule has 0 amide bonds. The normalized spacial score (nSPS) is 11.9. The van der Waals surface area contributed by atoms with Crippen molar-refractivity contribution < 1.29 is 13.2 Å². The van der Waals surface area contributed by atoms with Gasteiger partial charge in [-0.05, 0) is 26.0 Å². The Morgan fingerprint density at radius 2 is 2.22 bits per heavy atom. The molecule has 0 aliphatic carbocycles. The molecule has 0 unspecified atom stereocenters. The molecule has 0 saturated heterocycles. The summed E-state index contributed by atoms with van der Waals surface area (Å²) in [4.78, 5) is 0.786. The van der Waals surface area contributed by atoms with Gasteiger partial charge in [-0.2, -0.15) is 0 Å². The van der Waals surface area contributed by atoms with Crippen molar-refractivity contribution in [1.82, 2.24) is 4.72 Å². The lowest BCUT2D eigenvalue weighted by molar-refractivity contribution is 0.0834. The maximum Gasteiger partial charge on any atom is 0.250 e. The highest BCUT2D eigenvalue weighted by atomic mass is 32.2. The fourth-order valence-corrected chi connectivity index (χ4v) is 3.55. The van der Waals surface area contributed by atoms with Gasteiger partial charge in [0.15, 0.2) is 0 Å². The van der Waals surface area contributed by atoms with Gasteiger partial charge >= 0.3 is 0 Å². The molecule has 102 valence electrons. The Morgan fingerprint density at radius 3 is 2.72 bits per heavy atom. The molecule has 0 radical (unpaired) electrons. The zero-order valence-electron chi connectivity index (χ0n) is 10.2. The fraction of sp³-hybridized carbons (Fsp3) is 0.500. The van der Waals surface area contributed by atoms with Crippen molar-refractivity contribution in [1.29, 1.82) is 0 Å². The average Bonchev–Trinajstić information content (AvgIpc) is 2.74. The van der Waals surface area contributed by atoms with E-state index in [0.717, 1.165) is 11.3 Å². The second kappa shape index (κ2) is 6.58.